The highest BCUT2D eigenvalue weighted by Crippen LogP contribution is 2.28. The number of para-hydroxylation sites is 1. The first-order valence-electron chi connectivity index (χ1n) is 8.20. The van der Waals surface area contributed by atoms with Crippen molar-refractivity contribution in [3.05, 3.63) is 42.1 Å². The van der Waals surface area contributed by atoms with Crippen molar-refractivity contribution in [2.75, 3.05) is 13.3 Å². The van der Waals surface area contributed by atoms with Crippen LogP contribution >= 0.6 is 0 Å². The number of hydrogen-bond acceptors (Lipinski definition) is 4. The molecule has 0 radical (unpaired) electrons. The third-order valence-electron chi connectivity index (χ3n) is 4.85. The van der Waals surface area contributed by atoms with E-state index in [2.05, 4.69) is 4.98 Å². The van der Waals surface area contributed by atoms with E-state index in [1.54, 1.807) is 18.0 Å². The first-order valence-corrected chi connectivity index (χ1v) is 10.2. The van der Waals surface area contributed by atoms with Gasteiger partial charge in [0.05, 0.1) is 10.8 Å². The van der Waals surface area contributed by atoms with Crippen molar-refractivity contribution in [2.45, 2.75) is 37.0 Å². The van der Waals surface area contributed by atoms with Crippen molar-refractivity contribution >= 4 is 26.6 Å². The van der Waals surface area contributed by atoms with E-state index in [-0.39, 0.29) is 11.9 Å². The Morgan fingerprint density at radius 3 is 2.58 bits per heavy atom. The predicted molar refractivity (Wildman–Crippen MR) is 94.7 cm³/mol. The lowest BCUT2D eigenvalue weighted by Gasteiger charge is -2.36. The van der Waals surface area contributed by atoms with Crippen molar-refractivity contribution < 1.29 is 13.2 Å². The fourth-order valence-corrected chi connectivity index (χ4v) is 5.02. The van der Waals surface area contributed by atoms with E-state index in [0.29, 0.717) is 18.5 Å². The molecule has 0 unspecified atom stereocenters. The third-order valence-corrected chi connectivity index (χ3v) is 6.50. The van der Waals surface area contributed by atoms with Crippen LogP contribution in [0.5, 0.6) is 0 Å². The molecule has 1 aromatic heterocycles. The van der Waals surface area contributed by atoms with E-state index in [9.17, 15) is 13.2 Å². The number of sulfone groups is 1. The Labute approximate surface area is 142 Å². The largest absolute Gasteiger partial charge is 0.336 e. The zero-order valence-electron chi connectivity index (χ0n) is 14.0. The van der Waals surface area contributed by atoms with E-state index < -0.39 is 15.1 Å². The van der Waals surface area contributed by atoms with Crippen LogP contribution in [0.4, 0.5) is 0 Å². The molecule has 0 bridgehead atoms. The number of rotatable bonds is 3. The Morgan fingerprint density at radius 1 is 1.12 bits per heavy atom. The van der Waals surface area contributed by atoms with Gasteiger partial charge < -0.3 is 4.90 Å². The fraction of sp³-hybridized carbons (Fsp3) is 0.444. The van der Waals surface area contributed by atoms with E-state index in [0.717, 1.165) is 23.7 Å². The molecular formula is C18H22N2O3S. The summed E-state index contributed by atoms with van der Waals surface area (Å²) in [7, 11) is -1.50. The quantitative estimate of drug-likeness (QED) is 0.857. The second-order valence-corrected chi connectivity index (χ2v) is 8.79. The van der Waals surface area contributed by atoms with Crippen LogP contribution in [0.15, 0.2) is 36.4 Å². The van der Waals surface area contributed by atoms with E-state index in [4.69, 9.17) is 0 Å². The number of fused-ring (bicyclic) bond motifs is 1. The summed E-state index contributed by atoms with van der Waals surface area (Å²) in [5, 5.41) is 0.490. The van der Waals surface area contributed by atoms with Crippen molar-refractivity contribution in [3.63, 3.8) is 0 Å². The Bertz CT molecular complexity index is 863. The number of nitrogens with zero attached hydrogens (tertiary/aromatic N) is 2. The maximum atomic E-state index is 12.8. The van der Waals surface area contributed by atoms with Gasteiger partial charge in [0.1, 0.15) is 5.69 Å². The molecular weight excluding hydrogens is 324 g/mol. The average molecular weight is 346 g/mol. The normalized spacial score (nSPS) is 21.6. The predicted octanol–water partition coefficient (Wildman–Crippen LogP) is 2.66. The van der Waals surface area contributed by atoms with Gasteiger partial charge >= 0.3 is 0 Å². The Hall–Kier alpha value is -1.95. The molecule has 1 aliphatic carbocycles. The van der Waals surface area contributed by atoms with Crippen LogP contribution in [0.25, 0.3) is 10.9 Å². The lowest BCUT2D eigenvalue weighted by Crippen LogP contribution is -2.49. The minimum atomic E-state index is -3.18. The van der Waals surface area contributed by atoms with Crippen molar-refractivity contribution in [1.82, 2.24) is 9.88 Å². The summed E-state index contributed by atoms with van der Waals surface area (Å²) in [5.74, 6) is -0.221. The first-order chi connectivity index (χ1) is 11.4. The highest BCUT2D eigenvalue weighted by molar-refractivity contribution is 7.91. The van der Waals surface area contributed by atoms with Gasteiger partial charge in [-0.1, -0.05) is 37.1 Å². The summed E-state index contributed by atoms with van der Waals surface area (Å²) in [6.45, 7) is 0. The number of hydrogen-bond donors (Lipinski definition) is 0. The van der Waals surface area contributed by atoms with Crippen LogP contribution in [-0.2, 0) is 9.84 Å². The fourth-order valence-electron chi connectivity index (χ4n) is 3.54. The maximum Gasteiger partial charge on any atom is 0.272 e. The van der Waals surface area contributed by atoms with E-state index >= 15 is 0 Å². The molecule has 128 valence electrons. The van der Waals surface area contributed by atoms with Crippen molar-refractivity contribution in [1.29, 1.82) is 0 Å². The molecule has 1 aliphatic rings. The number of benzene rings is 1. The van der Waals surface area contributed by atoms with E-state index in [1.165, 1.54) is 6.26 Å². The zero-order chi connectivity index (χ0) is 17.3. The van der Waals surface area contributed by atoms with Gasteiger partial charge in [-0.15, -0.1) is 0 Å². The van der Waals surface area contributed by atoms with Gasteiger partial charge in [0.2, 0.25) is 0 Å². The maximum absolute atomic E-state index is 12.8. The molecule has 0 saturated heterocycles. The van der Waals surface area contributed by atoms with Crippen molar-refractivity contribution in [3.8, 4) is 0 Å². The monoisotopic (exact) mass is 346 g/mol. The number of pyridine rings is 1. The van der Waals surface area contributed by atoms with Crippen LogP contribution in [0.2, 0.25) is 0 Å². The summed E-state index contributed by atoms with van der Waals surface area (Å²) in [6.07, 6.45) is 4.44. The molecule has 24 heavy (non-hydrogen) atoms. The molecule has 1 amide bonds. The Kier molecular flexibility index (Phi) is 4.58. The molecule has 5 nitrogen and oxygen atoms in total. The highest BCUT2D eigenvalue weighted by atomic mass is 32.2. The SMILES string of the molecule is CN(C(=O)c1ccc2ccccc2n1)[C@@H]1CCCC[C@H]1S(C)(=O)=O. The van der Waals surface area contributed by atoms with Crippen LogP contribution in [0, 0.1) is 0 Å². The van der Waals surface area contributed by atoms with Crippen LogP contribution in [0.3, 0.4) is 0 Å². The number of carbonyl (C=O) groups is 1. The van der Waals surface area contributed by atoms with Crippen molar-refractivity contribution in [2.24, 2.45) is 0 Å². The average Bonchev–Trinajstić information content (AvgIpc) is 2.59. The van der Waals surface area contributed by atoms with Gasteiger partial charge in [-0.3, -0.25) is 4.79 Å². The molecule has 1 fully saturated rings. The molecule has 0 spiro atoms. The van der Waals surface area contributed by atoms with Gasteiger partial charge in [0.25, 0.3) is 5.91 Å². The minimum Gasteiger partial charge on any atom is -0.336 e. The molecule has 0 N–H and O–H groups in total. The topological polar surface area (TPSA) is 67.3 Å². The molecule has 6 heteroatoms. The lowest BCUT2D eigenvalue weighted by molar-refractivity contribution is 0.0695. The smallest absolute Gasteiger partial charge is 0.272 e. The third kappa shape index (κ3) is 3.29. The van der Waals surface area contributed by atoms with Crippen LogP contribution in [-0.4, -0.2) is 48.8 Å². The number of amides is 1. The van der Waals surface area contributed by atoms with Crippen LogP contribution in [0.1, 0.15) is 36.2 Å². The molecule has 1 saturated carbocycles. The molecule has 2 aromatic rings. The van der Waals surface area contributed by atoms with Gasteiger partial charge in [-0.2, -0.15) is 0 Å². The summed E-state index contributed by atoms with van der Waals surface area (Å²) < 4.78 is 24.2. The molecule has 1 aromatic carbocycles. The number of carbonyl (C=O) groups excluding carboxylic acids is 1. The highest BCUT2D eigenvalue weighted by Gasteiger charge is 2.37. The van der Waals surface area contributed by atoms with Gasteiger partial charge in [0.15, 0.2) is 9.84 Å². The summed E-state index contributed by atoms with van der Waals surface area (Å²) in [6, 6.07) is 10.9. The molecule has 2 atom stereocenters. The molecule has 3 rings (SSSR count). The van der Waals surface area contributed by atoms with Gasteiger partial charge in [-0.25, -0.2) is 13.4 Å². The Balaban J connectivity index is 1.89. The summed E-state index contributed by atoms with van der Waals surface area (Å²) in [5.41, 5.74) is 1.12. The summed E-state index contributed by atoms with van der Waals surface area (Å²) in [4.78, 5) is 18.8. The standard InChI is InChI=1S/C18H22N2O3S/c1-20(16-9-5-6-10-17(16)24(2,22)23)18(21)15-12-11-13-7-3-4-8-14(13)19-15/h3-4,7-8,11-12,16-17H,5-6,9-10H2,1-2H3/t16-,17-/m1/s1. The number of aromatic nitrogens is 1. The minimum absolute atomic E-state index is 0.221. The second kappa shape index (κ2) is 6.51. The van der Waals surface area contributed by atoms with Crippen LogP contribution < -0.4 is 0 Å². The lowest BCUT2D eigenvalue weighted by atomic mass is 9.93. The Morgan fingerprint density at radius 2 is 1.83 bits per heavy atom. The zero-order valence-corrected chi connectivity index (χ0v) is 14.8. The molecule has 1 heterocycles. The van der Waals surface area contributed by atoms with Gasteiger partial charge in [-0.05, 0) is 25.0 Å². The van der Waals surface area contributed by atoms with E-state index in [1.807, 2.05) is 30.3 Å². The first kappa shape index (κ1) is 16.9. The van der Waals surface area contributed by atoms with Gasteiger partial charge in [0, 0.05) is 24.7 Å². The molecule has 0 aliphatic heterocycles. The summed E-state index contributed by atoms with van der Waals surface area (Å²) >= 11 is 0. The second-order valence-electron chi connectivity index (χ2n) is 6.53.